The van der Waals surface area contributed by atoms with Crippen molar-refractivity contribution in [2.24, 2.45) is 0 Å². The second-order valence-electron chi connectivity index (χ2n) is 2.13. The molecular formula is C8H10FNO. The minimum absolute atomic E-state index is 0.747. The number of hydrogen-bond donors (Lipinski definition) is 1. The van der Waals surface area contributed by atoms with Crippen molar-refractivity contribution >= 4 is 5.69 Å². The van der Waals surface area contributed by atoms with E-state index in [2.05, 4.69) is 10.3 Å². The fourth-order valence-electron chi connectivity index (χ4n) is 0.655. The SMILES string of the molecule is CC(F)ONc1ccccc1. The molecule has 1 rings (SSSR count). The molecule has 0 radical (unpaired) electrons. The lowest BCUT2D eigenvalue weighted by atomic mass is 10.3. The highest BCUT2D eigenvalue weighted by atomic mass is 19.1. The molecule has 1 unspecified atom stereocenters. The predicted molar refractivity (Wildman–Crippen MR) is 41.7 cm³/mol. The first-order valence-corrected chi connectivity index (χ1v) is 3.40. The molecule has 0 aliphatic rings. The second kappa shape index (κ2) is 3.93. The average molecular weight is 155 g/mol. The molecule has 0 fully saturated rings. The quantitative estimate of drug-likeness (QED) is 0.676. The van der Waals surface area contributed by atoms with Crippen LogP contribution in [0.5, 0.6) is 0 Å². The monoisotopic (exact) mass is 155 g/mol. The summed E-state index contributed by atoms with van der Waals surface area (Å²) >= 11 is 0. The van der Waals surface area contributed by atoms with Crippen LogP contribution in [-0.4, -0.2) is 6.36 Å². The average Bonchev–Trinajstić information content (AvgIpc) is 2.03. The predicted octanol–water partition coefficient (Wildman–Crippen LogP) is 2.35. The standard InChI is InChI=1S/C8H10FNO/c1-7(9)11-10-8-5-3-2-4-6-8/h2-7,10H,1H3. The first kappa shape index (κ1) is 8.01. The minimum atomic E-state index is -1.30. The summed E-state index contributed by atoms with van der Waals surface area (Å²) in [5, 5.41) is 0. The highest BCUT2D eigenvalue weighted by Crippen LogP contribution is 2.05. The number of alkyl halides is 1. The molecule has 0 spiro atoms. The lowest BCUT2D eigenvalue weighted by Gasteiger charge is -2.06. The van der Waals surface area contributed by atoms with Gasteiger partial charge in [0, 0.05) is 0 Å². The Hall–Kier alpha value is -1.09. The zero-order valence-corrected chi connectivity index (χ0v) is 6.25. The van der Waals surface area contributed by atoms with Crippen LogP contribution in [0.3, 0.4) is 0 Å². The van der Waals surface area contributed by atoms with Crippen LogP contribution in [0.2, 0.25) is 0 Å². The van der Waals surface area contributed by atoms with Gasteiger partial charge in [-0.25, -0.2) is 9.23 Å². The summed E-state index contributed by atoms with van der Waals surface area (Å²) in [5.41, 5.74) is 3.22. The minimum Gasteiger partial charge on any atom is -0.264 e. The maximum atomic E-state index is 12.1. The van der Waals surface area contributed by atoms with Gasteiger partial charge in [0.05, 0.1) is 5.69 Å². The molecule has 0 aliphatic heterocycles. The van der Waals surface area contributed by atoms with E-state index in [1.807, 2.05) is 18.2 Å². The van der Waals surface area contributed by atoms with Gasteiger partial charge in [0.1, 0.15) is 0 Å². The maximum absolute atomic E-state index is 12.1. The highest BCUT2D eigenvalue weighted by Gasteiger charge is 1.95. The molecule has 0 amide bonds. The molecule has 1 aromatic rings. The van der Waals surface area contributed by atoms with Crippen LogP contribution in [0.1, 0.15) is 6.92 Å². The molecule has 0 bridgehead atoms. The van der Waals surface area contributed by atoms with Gasteiger partial charge in [-0.2, -0.15) is 0 Å². The molecule has 2 nitrogen and oxygen atoms in total. The fraction of sp³-hybridized carbons (Fsp3) is 0.250. The van der Waals surface area contributed by atoms with Gasteiger partial charge in [-0.05, 0) is 19.1 Å². The largest absolute Gasteiger partial charge is 0.264 e. The number of benzene rings is 1. The Morgan fingerprint density at radius 1 is 1.36 bits per heavy atom. The van der Waals surface area contributed by atoms with E-state index in [0.29, 0.717) is 0 Å². The van der Waals surface area contributed by atoms with Crippen molar-refractivity contribution in [2.75, 3.05) is 5.48 Å². The fourth-order valence-corrected chi connectivity index (χ4v) is 0.655. The van der Waals surface area contributed by atoms with Crippen LogP contribution >= 0.6 is 0 Å². The normalized spacial score (nSPS) is 12.5. The number of para-hydroxylation sites is 1. The summed E-state index contributed by atoms with van der Waals surface area (Å²) in [4.78, 5) is 4.51. The number of hydrogen-bond acceptors (Lipinski definition) is 2. The summed E-state index contributed by atoms with van der Waals surface area (Å²) in [6, 6.07) is 9.15. The summed E-state index contributed by atoms with van der Waals surface area (Å²) < 4.78 is 12.1. The van der Waals surface area contributed by atoms with E-state index < -0.39 is 6.36 Å². The third-order valence-corrected chi connectivity index (χ3v) is 1.11. The Labute approximate surface area is 64.9 Å². The molecule has 11 heavy (non-hydrogen) atoms. The summed E-state index contributed by atoms with van der Waals surface area (Å²) in [6.45, 7) is 1.32. The van der Waals surface area contributed by atoms with Gasteiger partial charge in [0.25, 0.3) is 0 Å². The lowest BCUT2D eigenvalue weighted by molar-refractivity contribution is 0.00962. The third-order valence-electron chi connectivity index (χ3n) is 1.11. The van der Waals surface area contributed by atoms with Gasteiger partial charge in [0.2, 0.25) is 6.36 Å². The summed E-state index contributed by atoms with van der Waals surface area (Å²) in [5.74, 6) is 0. The van der Waals surface area contributed by atoms with Crippen LogP contribution < -0.4 is 5.48 Å². The van der Waals surface area contributed by atoms with E-state index in [4.69, 9.17) is 0 Å². The van der Waals surface area contributed by atoms with Crippen molar-refractivity contribution in [2.45, 2.75) is 13.3 Å². The Kier molecular flexibility index (Phi) is 2.86. The molecule has 0 aliphatic carbocycles. The summed E-state index contributed by atoms with van der Waals surface area (Å²) in [6.07, 6.45) is -1.30. The van der Waals surface area contributed by atoms with E-state index in [1.54, 1.807) is 12.1 Å². The molecule has 60 valence electrons. The van der Waals surface area contributed by atoms with E-state index in [0.717, 1.165) is 5.69 Å². The van der Waals surface area contributed by atoms with Crippen LogP contribution in [0.4, 0.5) is 10.1 Å². The molecule has 3 heteroatoms. The molecule has 1 aromatic carbocycles. The van der Waals surface area contributed by atoms with E-state index in [-0.39, 0.29) is 0 Å². The van der Waals surface area contributed by atoms with Crippen molar-refractivity contribution in [3.8, 4) is 0 Å². The van der Waals surface area contributed by atoms with Crippen molar-refractivity contribution in [3.63, 3.8) is 0 Å². The Morgan fingerprint density at radius 2 is 2.00 bits per heavy atom. The number of rotatable bonds is 3. The van der Waals surface area contributed by atoms with E-state index >= 15 is 0 Å². The van der Waals surface area contributed by atoms with Crippen molar-refractivity contribution in [3.05, 3.63) is 30.3 Å². The van der Waals surface area contributed by atoms with E-state index in [9.17, 15) is 4.39 Å². The van der Waals surface area contributed by atoms with Gasteiger partial charge < -0.3 is 0 Å². The Bertz CT molecular complexity index is 201. The molecule has 1 atom stereocenters. The second-order valence-corrected chi connectivity index (χ2v) is 2.13. The zero-order chi connectivity index (χ0) is 8.10. The number of halogens is 1. The highest BCUT2D eigenvalue weighted by molar-refractivity contribution is 5.39. The van der Waals surface area contributed by atoms with Crippen LogP contribution in [0.25, 0.3) is 0 Å². The smallest absolute Gasteiger partial charge is 0.221 e. The molecular weight excluding hydrogens is 145 g/mol. The van der Waals surface area contributed by atoms with Gasteiger partial charge in [0.15, 0.2) is 0 Å². The first-order valence-electron chi connectivity index (χ1n) is 3.40. The number of anilines is 1. The van der Waals surface area contributed by atoms with Crippen molar-refractivity contribution < 1.29 is 9.23 Å². The topological polar surface area (TPSA) is 21.3 Å². The van der Waals surface area contributed by atoms with Crippen LogP contribution in [0.15, 0.2) is 30.3 Å². The molecule has 0 saturated carbocycles. The lowest BCUT2D eigenvalue weighted by Crippen LogP contribution is -2.07. The molecule has 0 saturated heterocycles. The molecule has 0 heterocycles. The third kappa shape index (κ3) is 3.00. The van der Waals surface area contributed by atoms with Gasteiger partial charge in [-0.1, -0.05) is 18.2 Å². The van der Waals surface area contributed by atoms with Crippen LogP contribution in [0, 0.1) is 0 Å². The molecule has 1 N–H and O–H groups in total. The maximum Gasteiger partial charge on any atom is 0.221 e. The van der Waals surface area contributed by atoms with Crippen molar-refractivity contribution in [1.29, 1.82) is 0 Å². The van der Waals surface area contributed by atoms with Gasteiger partial charge in [-0.15, -0.1) is 0 Å². The summed E-state index contributed by atoms with van der Waals surface area (Å²) in [7, 11) is 0. The van der Waals surface area contributed by atoms with Gasteiger partial charge >= 0.3 is 0 Å². The number of nitrogens with one attached hydrogen (secondary N) is 1. The Balaban J connectivity index is 2.39. The van der Waals surface area contributed by atoms with Crippen LogP contribution in [-0.2, 0) is 4.84 Å². The van der Waals surface area contributed by atoms with Crippen molar-refractivity contribution in [1.82, 2.24) is 0 Å². The van der Waals surface area contributed by atoms with Gasteiger partial charge in [-0.3, -0.25) is 5.48 Å². The molecule has 0 aromatic heterocycles. The zero-order valence-electron chi connectivity index (χ0n) is 6.25. The first-order chi connectivity index (χ1) is 5.29. The van der Waals surface area contributed by atoms with E-state index in [1.165, 1.54) is 6.92 Å². The Morgan fingerprint density at radius 3 is 2.55 bits per heavy atom.